The lowest BCUT2D eigenvalue weighted by molar-refractivity contribution is -0.117. The van der Waals surface area contributed by atoms with Crippen molar-refractivity contribution in [2.24, 2.45) is 0 Å². The summed E-state index contributed by atoms with van der Waals surface area (Å²) in [6.07, 6.45) is 8.26. The number of rotatable bonds is 5. The van der Waals surface area contributed by atoms with Crippen LogP contribution in [0.2, 0.25) is 0 Å². The summed E-state index contributed by atoms with van der Waals surface area (Å²) in [5.41, 5.74) is 0.885. The molecule has 3 aromatic heterocycles. The van der Waals surface area contributed by atoms with Gasteiger partial charge in [-0.05, 0) is 23.8 Å². The van der Waals surface area contributed by atoms with E-state index < -0.39 is 0 Å². The molecule has 0 saturated heterocycles. The molecule has 0 fully saturated rings. The smallest absolute Gasteiger partial charge is 0.255 e. The number of ketones is 1. The lowest BCUT2D eigenvalue weighted by Gasteiger charge is -2.03. The van der Waals surface area contributed by atoms with E-state index in [2.05, 4.69) is 20.1 Å². The summed E-state index contributed by atoms with van der Waals surface area (Å²) in [4.78, 5) is 34.7. The summed E-state index contributed by atoms with van der Waals surface area (Å²) in [6.45, 7) is 0. The number of Topliss-reactive ketones (excluding diaryl/α,β-unsaturated/α-hetero) is 1. The quantitative estimate of drug-likeness (QED) is 0.748. The first kappa shape index (κ1) is 13.9. The maximum Gasteiger partial charge on any atom is 0.255 e. The predicted octanol–water partition coefficient (Wildman–Crippen LogP) is 0.705. The number of nitrogens with one attached hydrogen (secondary N) is 1. The Hall–Kier alpha value is -3.09. The Bertz CT molecular complexity index is 825. The SMILES string of the molecule is O=C(Cc1ccncc1)Cc1cnc(-n2cccn2)[nH]c1=O. The Kier molecular flexibility index (Phi) is 3.86. The molecule has 0 radical (unpaired) electrons. The molecule has 110 valence electrons. The highest BCUT2D eigenvalue weighted by atomic mass is 16.1. The lowest BCUT2D eigenvalue weighted by Crippen LogP contribution is -2.20. The van der Waals surface area contributed by atoms with Crippen LogP contribution in [0, 0.1) is 0 Å². The molecule has 0 spiro atoms. The second-order valence-electron chi connectivity index (χ2n) is 4.76. The molecule has 0 aliphatic heterocycles. The number of aromatic amines is 1. The number of carbonyl (C=O) groups is 1. The summed E-state index contributed by atoms with van der Waals surface area (Å²) >= 11 is 0. The highest BCUT2D eigenvalue weighted by Crippen LogP contribution is 2.02. The van der Waals surface area contributed by atoms with Crippen molar-refractivity contribution in [1.29, 1.82) is 0 Å². The van der Waals surface area contributed by atoms with Gasteiger partial charge in [0, 0.05) is 49.4 Å². The van der Waals surface area contributed by atoms with Crippen molar-refractivity contribution in [3.63, 3.8) is 0 Å². The average Bonchev–Trinajstić information content (AvgIpc) is 3.04. The van der Waals surface area contributed by atoms with Gasteiger partial charge in [-0.1, -0.05) is 0 Å². The van der Waals surface area contributed by atoms with Gasteiger partial charge in [0.25, 0.3) is 5.56 Å². The van der Waals surface area contributed by atoms with Crippen LogP contribution >= 0.6 is 0 Å². The maximum absolute atomic E-state index is 12.0. The monoisotopic (exact) mass is 295 g/mol. The van der Waals surface area contributed by atoms with Crippen molar-refractivity contribution in [1.82, 2.24) is 24.7 Å². The first-order valence-electron chi connectivity index (χ1n) is 6.71. The van der Waals surface area contributed by atoms with Gasteiger partial charge < -0.3 is 0 Å². The molecular formula is C15H13N5O2. The normalized spacial score (nSPS) is 10.5. The summed E-state index contributed by atoms with van der Waals surface area (Å²) in [6, 6.07) is 5.29. The van der Waals surface area contributed by atoms with Crippen molar-refractivity contribution in [2.75, 3.05) is 0 Å². The highest BCUT2D eigenvalue weighted by molar-refractivity contribution is 5.82. The van der Waals surface area contributed by atoms with Crippen LogP contribution in [0.5, 0.6) is 0 Å². The molecule has 3 rings (SSSR count). The van der Waals surface area contributed by atoms with E-state index in [9.17, 15) is 9.59 Å². The zero-order valence-electron chi connectivity index (χ0n) is 11.6. The highest BCUT2D eigenvalue weighted by Gasteiger charge is 2.10. The molecule has 0 saturated carbocycles. The molecule has 0 unspecified atom stereocenters. The summed E-state index contributed by atoms with van der Waals surface area (Å²) in [5, 5.41) is 3.99. The number of hydrogen-bond donors (Lipinski definition) is 1. The minimum absolute atomic E-state index is 0.0457. The fourth-order valence-corrected chi connectivity index (χ4v) is 2.05. The molecule has 7 nitrogen and oxygen atoms in total. The second-order valence-corrected chi connectivity index (χ2v) is 4.76. The van der Waals surface area contributed by atoms with Gasteiger partial charge in [-0.25, -0.2) is 9.67 Å². The van der Waals surface area contributed by atoms with Crippen molar-refractivity contribution in [2.45, 2.75) is 12.8 Å². The van der Waals surface area contributed by atoms with Gasteiger partial charge in [-0.3, -0.25) is 19.6 Å². The number of aromatic nitrogens is 5. The molecule has 7 heteroatoms. The van der Waals surface area contributed by atoms with Gasteiger partial charge in [0.15, 0.2) is 0 Å². The van der Waals surface area contributed by atoms with Crippen LogP contribution in [0.25, 0.3) is 5.95 Å². The van der Waals surface area contributed by atoms with Crippen LogP contribution in [-0.4, -0.2) is 30.5 Å². The number of nitrogens with zero attached hydrogens (tertiary/aromatic N) is 4. The van der Waals surface area contributed by atoms with Gasteiger partial charge >= 0.3 is 0 Å². The Morgan fingerprint density at radius 3 is 2.68 bits per heavy atom. The largest absolute Gasteiger partial charge is 0.299 e. The van der Waals surface area contributed by atoms with Crippen molar-refractivity contribution in [3.8, 4) is 5.95 Å². The minimum atomic E-state index is -0.330. The number of H-pyrrole nitrogens is 1. The predicted molar refractivity (Wildman–Crippen MR) is 78.6 cm³/mol. The van der Waals surface area contributed by atoms with Crippen molar-refractivity contribution in [3.05, 3.63) is 70.7 Å². The molecule has 1 N–H and O–H groups in total. The van der Waals surface area contributed by atoms with Crippen LogP contribution in [0.15, 0.2) is 54.0 Å². The molecule has 22 heavy (non-hydrogen) atoms. The molecule has 0 aliphatic carbocycles. The summed E-state index contributed by atoms with van der Waals surface area (Å²) < 4.78 is 1.45. The lowest BCUT2D eigenvalue weighted by atomic mass is 10.1. The van der Waals surface area contributed by atoms with E-state index in [1.807, 2.05) is 0 Å². The van der Waals surface area contributed by atoms with Crippen LogP contribution in [0.3, 0.4) is 0 Å². The van der Waals surface area contributed by atoms with Gasteiger partial charge in [-0.15, -0.1) is 0 Å². The van der Waals surface area contributed by atoms with Gasteiger partial charge in [0.05, 0.1) is 0 Å². The summed E-state index contributed by atoms with van der Waals surface area (Å²) in [5.74, 6) is 0.269. The van der Waals surface area contributed by atoms with Crippen LogP contribution in [0.4, 0.5) is 0 Å². The second kappa shape index (κ2) is 6.13. The molecule has 3 aromatic rings. The summed E-state index contributed by atoms with van der Waals surface area (Å²) in [7, 11) is 0. The van der Waals surface area contributed by atoms with E-state index in [1.54, 1.807) is 43.0 Å². The van der Waals surface area contributed by atoms with E-state index >= 15 is 0 Å². The zero-order chi connectivity index (χ0) is 15.4. The molecule has 0 atom stereocenters. The number of hydrogen-bond acceptors (Lipinski definition) is 5. The fourth-order valence-electron chi connectivity index (χ4n) is 2.05. The first-order chi connectivity index (χ1) is 10.7. The van der Waals surface area contributed by atoms with Gasteiger partial charge in [0.2, 0.25) is 5.95 Å². The Balaban J connectivity index is 1.73. The third-order valence-electron chi connectivity index (χ3n) is 3.12. The Morgan fingerprint density at radius 2 is 2.00 bits per heavy atom. The van der Waals surface area contributed by atoms with E-state index in [0.29, 0.717) is 11.5 Å². The molecule has 0 amide bonds. The van der Waals surface area contributed by atoms with E-state index in [1.165, 1.54) is 10.9 Å². The minimum Gasteiger partial charge on any atom is -0.299 e. The topological polar surface area (TPSA) is 93.5 Å². The fraction of sp³-hybridized carbons (Fsp3) is 0.133. The maximum atomic E-state index is 12.0. The Labute approximate surface area is 125 Å². The van der Waals surface area contributed by atoms with Crippen LogP contribution < -0.4 is 5.56 Å². The molecule has 3 heterocycles. The standard InChI is InChI=1S/C15H13N5O2/c21-13(8-11-2-5-16-6-3-11)9-12-10-17-15(19-14(12)22)20-7-1-4-18-20/h1-7,10H,8-9H2,(H,17,19,22). The van der Waals surface area contributed by atoms with E-state index in [-0.39, 0.29) is 24.2 Å². The zero-order valence-corrected chi connectivity index (χ0v) is 11.6. The third kappa shape index (κ3) is 3.14. The van der Waals surface area contributed by atoms with Gasteiger partial charge in [0.1, 0.15) is 5.78 Å². The van der Waals surface area contributed by atoms with Crippen LogP contribution in [-0.2, 0) is 17.6 Å². The molecular weight excluding hydrogens is 282 g/mol. The van der Waals surface area contributed by atoms with Crippen molar-refractivity contribution >= 4 is 5.78 Å². The van der Waals surface area contributed by atoms with Crippen LogP contribution in [0.1, 0.15) is 11.1 Å². The number of carbonyl (C=O) groups excluding carboxylic acids is 1. The molecule has 0 bridgehead atoms. The first-order valence-corrected chi connectivity index (χ1v) is 6.71. The van der Waals surface area contributed by atoms with E-state index in [0.717, 1.165) is 5.56 Å². The Morgan fingerprint density at radius 1 is 1.18 bits per heavy atom. The molecule has 0 aromatic carbocycles. The number of pyridine rings is 1. The van der Waals surface area contributed by atoms with Gasteiger partial charge in [-0.2, -0.15) is 5.10 Å². The third-order valence-corrected chi connectivity index (χ3v) is 3.12. The van der Waals surface area contributed by atoms with Crippen molar-refractivity contribution < 1.29 is 4.79 Å². The average molecular weight is 295 g/mol. The molecule has 0 aliphatic rings. The van der Waals surface area contributed by atoms with E-state index in [4.69, 9.17) is 0 Å².